The van der Waals surface area contributed by atoms with Crippen molar-refractivity contribution in [1.82, 2.24) is 15.2 Å². The van der Waals surface area contributed by atoms with Crippen LogP contribution >= 0.6 is 0 Å². The number of amides is 1. The van der Waals surface area contributed by atoms with Crippen molar-refractivity contribution >= 4 is 11.7 Å². The Morgan fingerprint density at radius 3 is 2.95 bits per heavy atom. The minimum absolute atomic E-state index is 0.114. The maximum absolute atomic E-state index is 11.9. The number of hydrogen-bond donors (Lipinski definition) is 3. The summed E-state index contributed by atoms with van der Waals surface area (Å²) in [6, 6.07) is 3.80. The maximum atomic E-state index is 11.9. The zero-order chi connectivity index (χ0) is 14.3. The number of nitrogens with one attached hydrogen (secondary N) is 2. The van der Waals surface area contributed by atoms with E-state index < -0.39 is 0 Å². The fourth-order valence-corrected chi connectivity index (χ4v) is 1.63. The highest BCUT2D eigenvalue weighted by atomic mass is 16.1. The van der Waals surface area contributed by atoms with E-state index in [1.165, 1.54) is 0 Å². The topological polar surface area (TPSA) is 83.3 Å². The molecule has 0 aliphatic rings. The average molecular weight is 265 g/mol. The molecule has 1 unspecified atom stereocenters. The van der Waals surface area contributed by atoms with Crippen molar-refractivity contribution in [2.45, 2.75) is 26.3 Å². The van der Waals surface area contributed by atoms with Gasteiger partial charge in [0, 0.05) is 30.9 Å². The van der Waals surface area contributed by atoms with Gasteiger partial charge in [0.15, 0.2) is 0 Å². The summed E-state index contributed by atoms with van der Waals surface area (Å²) in [6.45, 7) is 5.77. The lowest BCUT2D eigenvalue weighted by Gasteiger charge is -2.23. The highest BCUT2D eigenvalue weighted by molar-refractivity contribution is 5.94. The molecule has 1 aromatic heterocycles. The van der Waals surface area contributed by atoms with Gasteiger partial charge in [-0.15, -0.1) is 0 Å². The second kappa shape index (κ2) is 7.70. The molecule has 1 amide bonds. The van der Waals surface area contributed by atoms with E-state index in [0.717, 1.165) is 13.0 Å². The third kappa shape index (κ3) is 4.84. The number of rotatable bonds is 7. The molecule has 0 saturated carbocycles. The molecule has 0 saturated heterocycles. The average Bonchev–Trinajstić information content (AvgIpc) is 2.46. The molecule has 0 aromatic carbocycles. The summed E-state index contributed by atoms with van der Waals surface area (Å²) in [5.74, 6) is 5.62. The SMILES string of the molecule is CCC(C)N(C)CCNC(=O)c1ccnc(NN)c1. The van der Waals surface area contributed by atoms with Crippen LogP contribution < -0.4 is 16.6 Å². The summed E-state index contributed by atoms with van der Waals surface area (Å²) in [7, 11) is 2.06. The van der Waals surface area contributed by atoms with Crippen molar-refractivity contribution < 1.29 is 4.79 Å². The Morgan fingerprint density at radius 2 is 2.32 bits per heavy atom. The summed E-state index contributed by atoms with van der Waals surface area (Å²) in [5.41, 5.74) is 2.97. The van der Waals surface area contributed by atoms with Gasteiger partial charge < -0.3 is 15.6 Å². The van der Waals surface area contributed by atoms with E-state index in [0.29, 0.717) is 24.0 Å². The number of hydrazine groups is 1. The van der Waals surface area contributed by atoms with Crippen LogP contribution in [0.3, 0.4) is 0 Å². The molecule has 0 aliphatic heterocycles. The quantitative estimate of drug-likeness (QED) is 0.502. The molecule has 6 heteroatoms. The molecule has 1 aromatic rings. The van der Waals surface area contributed by atoms with Gasteiger partial charge >= 0.3 is 0 Å². The van der Waals surface area contributed by atoms with E-state index in [9.17, 15) is 4.79 Å². The number of nitrogens with zero attached hydrogens (tertiary/aromatic N) is 2. The molecule has 106 valence electrons. The van der Waals surface area contributed by atoms with Crippen molar-refractivity contribution in [3.63, 3.8) is 0 Å². The van der Waals surface area contributed by atoms with Gasteiger partial charge in [-0.2, -0.15) is 0 Å². The molecular formula is C13H23N5O. The first-order chi connectivity index (χ1) is 9.08. The van der Waals surface area contributed by atoms with Gasteiger partial charge in [-0.25, -0.2) is 10.8 Å². The molecule has 4 N–H and O–H groups in total. The van der Waals surface area contributed by atoms with Crippen LogP contribution in [0.2, 0.25) is 0 Å². The second-order valence-electron chi connectivity index (χ2n) is 4.57. The smallest absolute Gasteiger partial charge is 0.251 e. The predicted octanol–water partition coefficient (Wildman–Crippen LogP) is 0.827. The maximum Gasteiger partial charge on any atom is 0.251 e. The lowest BCUT2D eigenvalue weighted by molar-refractivity contribution is 0.0947. The van der Waals surface area contributed by atoms with Crippen LogP contribution in [-0.4, -0.2) is 42.0 Å². The van der Waals surface area contributed by atoms with Crippen molar-refractivity contribution in [2.75, 3.05) is 25.6 Å². The summed E-state index contributed by atoms with van der Waals surface area (Å²) in [6.07, 6.45) is 2.65. The largest absolute Gasteiger partial charge is 0.351 e. The summed E-state index contributed by atoms with van der Waals surface area (Å²) < 4.78 is 0. The molecule has 0 aliphatic carbocycles. The minimum Gasteiger partial charge on any atom is -0.351 e. The number of pyridine rings is 1. The van der Waals surface area contributed by atoms with Crippen LogP contribution in [0, 0.1) is 0 Å². The van der Waals surface area contributed by atoms with E-state index in [1.807, 2.05) is 0 Å². The monoisotopic (exact) mass is 265 g/mol. The lowest BCUT2D eigenvalue weighted by atomic mass is 10.2. The zero-order valence-electron chi connectivity index (χ0n) is 11.8. The minimum atomic E-state index is -0.114. The Morgan fingerprint density at radius 1 is 1.58 bits per heavy atom. The molecule has 6 nitrogen and oxygen atoms in total. The first-order valence-electron chi connectivity index (χ1n) is 6.49. The first-order valence-corrected chi connectivity index (χ1v) is 6.49. The first kappa shape index (κ1) is 15.4. The van der Waals surface area contributed by atoms with Gasteiger partial charge in [0.1, 0.15) is 5.82 Å². The summed E-state index contributed by atoms with van der Waals surface area (Å²) in [5, 5.41) is 2.88. The van der Waals surface area contributed by atoms with Gasteiger partial charge in [0.25, 0.3) is 5.91 Å². The van der Waals surface area contributed by atoms with Crippen molar-refractivity contribution in [2.24, 2.45) is 5.84 Å². The molecule has 0 radical (unpaired) electrons. The number of nitrogens with two attached hydrogens (primary N) is 1. The number of carbonyl (C=O) groups is 1. The van der Waals surface area contributed by atoms with E-state index in [-0.39, 0.29) is 5.91 Å². The Hall–Kier alpha value is -1.66. The number of hydrogen-bond acceptors (Lipinski definition) is 5. The van der Waals surface area contributed by atoms with Crippen LogP contribution in [0.15, 0.2) is 18.3 Å². The third-order valence-corrected chi connectivity index (χ3v) is 3.26. The fourth-order valence-electron chi connectivity index (χ4n) is 1.63. The number of anilines is 1. The van der Waals surface area contributed by atoms with E-state index in [4.69, 9.17) is 5.84 Å². The molecule has 1 rings (SSSR count). The normalized spacial score (nSPS) is 12.3. The van der Waals surface area contributed by atoms with Crippen LogP contribution in [0.25, 0.3) is 0 Å². The number of carbonyl (C=O) groups excluding carboxylic acids is 1. The number of aromatic nitrogens is 1. The van der Waals surface area contributed by atoms with E-state index in [2.05, 4.69) is 41.5 Å². The predicted molar refractivity (Wildman–Crippen MR) is 76.8 cm³/mol. The molecule has 19 heavy (non-hydrogen) atoms. The van der Waals surface area contributed by atoms with Gasteiger partial charge in [-0.05, 0) is 32.5 Å². The lowest BCUT2D eigenvalue weighted by Crippen LogP contribution is -2.37. The second-order valence-corrected chi connectivity index (χ2v) is 4.57. The van der Waals surface area contributed by atoms with Gasteiger partial charge in [-0.1, -0.05) is 6.92 Å². The van der Waals surface area contributed by atoms with Crippen LogP contribution in [0.4, 0.5) is 5.82 Å². The van der Waals surface area contributed by atoms with Crippen LogP contribution in [0.1, 0.15) is 30.6 Å². The molecule has 0 spiro atoms. The molecular weight excluding hydrogens is 242 g/mol. The highest BCUT2D eigenvalue weighted by Gasteiger charge is 2.09. The Bertz CT molecular complexity index is 410. The standard InChI is InChI=1S/C13H23N5O/c1-4-10(2)18(3)8-7-16-13(19)11-5-6-15-12(9-11)17-14/h5-6,9-10H,4,7-8,14H2,1-3H3,(H,15,17)(H,16,19). The van der Waals surface area contributed by atoms with E-state index in [1.54, 1.807) is 18.3 Å². The van der Waals surface area contributed by atoms with Gasteiger partial charge in [0.2, 0.25) is 0 Å². The Labute approximate surface area is 114 Å². The molecule has 1 heterocycles. The number of likely N-dealkylation sites (N-methyl/N-ethyl adjacent to an activating group) is 1. The highest BCUT2D eigenvalue weighted by Crippen LogP contribution is 2.05. The van der Waals surface area contributed by atoms with Gasteiger partial charge in [-0.3, -0.25) is 4.79 Å². The molecule has 1 atom stereocenters. The van der Waals surface area contributed by atoms with Crippen molar-refractivity contribution in [1.29, 1.82) is 0 Å². The van der Waals surface area contributed by atoms with Crippen LogP contribution in [0.5, 0.6) is 0 Å². The summed E-state index contributed by atoms with van der Waals surface area (Å²) >= 11 is 0. The molecule has 0 bridgehead atoms. The number of nitrogen functional groups attached to an aromatic ring is 1. The third-order valence-electron chi connectivity index (χ3n) is 3.26. The van der Waals surface area contributed by atoms with E-state index >= 15 is 0 Å². The van der Waals surface area contributed by atoms with Crippen molar-refractivity contribution in [3.8, 4) is 0 Å². The Balaban J connectivity index is 2.43. The summed E-state index contributed by atoms with van der Waals surface area (Å²) in [4.78, 5) is 18.1. The Kier molecular flexibility index (Phi) is 6.24. The van der Waals surface area contributed by atoms with Crippen LogP contribution in [-0.2, 0) is 0 Å². The fraction of sp³-hybridized carbons (Fsp3) is 0.538. The molecule has 0 fully saturated rings. The van der Waals surface area contributed by atoms with Crippen molar-refractivity contribution in [3.05, 3.63) is 23.9 Å². The zero-order valence-corrected chi connectivity index (χ0v) is 11.8. The van der Waals surface area contributed by atoms with Gasteiger partial charge in [0.05, 0.1) is 0 Å².